The topological polar surface area (TPSA) is 64.6 Å². The van der Waals surface area contributed by atoms with E-state index in [0.717, 1.165) is 26.1 Å². The minimum Gasteiger partial charge on any atom is -0.384 e. The molecule has 1 aliphatic rings. The number of ether oxygens (including phenoxy) is 2. The van der Waals surface area contributed by atoms with Crippen molar-refractivity contribution < 1.29 is 17.9 Å². The molecule has 1 rings (SSSR count). The largest absolute Gasteiger partial charge is 0.384 e. The molecule has 96 valence electrons. The van der Waals surface area contributed by atoms with Crippen molar-refractivity contribution in [3.63, 3.8) is 0 Å². The molecule has 0 bridgehead atoms. The Morgan fingerprint density at radius 1 is 1.31 bits per heavy atom. The first kappa shape index (κ1) is 13.9. The highest BCUT2D eigenvalue weighted by molar-refractivity contribution is 7.91. The summed E-state index contributed by atoms with van der Waals surface area (Å²) in [6.45, 7) is 2.35. The van der Waals surface area contributed by atoms with Crippen LogP contribution in [0, 0.1) is 0 Å². The van der Waals surface area contributed by atoms with Crippen molar-refractivity contribution in [2.45, 2.75) is 18.9 Å². The van der Waals surface area contributed by atoms with Crippen LogP contribution in [0.1, 0.15) is 12.8 Å². The molecule has 1 N–H and O–H groups in total. The van der Waals surface area contributed by atoms with Crippen molar-refractivity contribution >= 4 is 9.84 Å². The maximum atomic E-state index is 11.5. The van der Waals surface area contributed by atoms with Gasteiger partial charge in [-0.15, -0.1) is 0 Å². The zero-order valence-corrected chi connectivity index (χ0v) is 10.6. The third kappa shape index (κ3) is 5.79. The Balaban J connectivity index is 2.13. The summed E-state index contributed by atoms with van der Waals surface area (Å²) in [6.07, 6.45) is 1.94. The summed E-state index contributed by atoms with van der Waals surface area (Å²) in [7, 11) is -1.45. The van der Waals surface area contributed by atoms with Gasteiger partial charge in [0, 0.05) is 32.9 Å². The molecular formula is C10H21NO4S. The molecule has 0 aromatic heterocycles. The van der Waals surface area contributed by atoms with Crippen LogP contribution >= 0.6 is 0 Å². The number of hydrogen-bond acceptors (Lipinski definition) is 5. The van der Waals surface area contributed by atoms with Crippen molar-refractivity contribution in [3.8, 4) is 0 Å². The first-order valence-electron chi connectivity index (χ1n) is 5.64. The third-order valence-corrected chi connectivity index (χ3v) is 4.28. The van der Waals surface area contributed by atoms with Crippen LogP contribution in [0.2, 0.25) is 0 Å². The van der Waals surface area contributed by atoms with Crippen molar-refractivity contribution in [2.75, 3.05) is 45.0 Å². The summed E-state index contributed by atoms with van der Waals surface area (Å²) in [4.78, 5) is 0. The van der Waals surface area contributed by atoms with E-state index in [1.165, 1.54) is 7.11 Å². The highest BCUT2D eigenvalue weighted by atomic mass is 32.2. The lowest BCUT2D eigenvalue weighted by Gasteiger charge is -2.23. The molecule has 0 unspecified atom stereocenters. The Hall–Kier alpha value is -0.170. The molecule has 0 atom stereocenters. The molecule has 0 spiro atoms. The Morgan fingerprint density at radius 2 is 2.00 bits per heavy atom. The first-order chi connectivity index (χ1) is 7.64. The van der Waals surface area contributed by atoms with Crippen molar-refractivity contribution in [1.29, 1.82) is 0 Å². The predicted molar refractivity (Wildman–Crippen MR) is 62.4 cm³/mol. The molecule has 1 saturated heterocycles. The summed E-state index contributed by atoms with van der Waals surface area (Å²) in [5.74, 6) is 0.298. The van der Waals surface area contributed by atoms with E-state index in [9.17, 15) is 8.42 Å². The van der Waals surface area contributed by atoms with Gasteiger partial charge in [-0.1, -0.05) is 0 Å². The Bertz CT molecular complexity index is 273. The standard InChI is InChI=1S/C10H21NO4S/c1-14-7-9-16(12,13)8-4-11-10-2-5-15-6-3-10/h10-11H,2-9H2,1H3. The first-order valence-corrected chi connectivity index (χ1v) is 7.47. The number of rotatable bonds is 7. The molecule has 1 heterocycles. The zero-order chi connectivity index (χ0) is 11.9. The fourth-order valence-electron chi connectivity index (χ4n) is 1.63. The maximum Gasteiger partial charge on any atom is 0.153 e. The SMILES string of the molecule is COCCS(=O)(=O)CCNC1CCOCC1. The van der Waals surface area contributed by atoms with E-state index in [4.69, 9.17) is 9.47 Å². The van der Waals surface area contributed by atoms with E-state index in [1.807, 2.05) is 0 Å². The highest BCUT2D eigenvalue weighted by Gasteiger charge is 2.15. The Kier molecular flexibility index (Phi) is 6.26. The second-order valence-corrected chi connectivity index (χ2v) is 6.29. The highest BCUT2D eigenvalue weighted by Crippen LogP contribution is 2.05. The average Bonchev–Trinajstić information content (AvgIpc) is 2.28. The van der Waals surface area contributed by atoms with Gasteiger partial charge in [0.15, 0.2) is 9.84 Å². The fraction of sp³-hybridized carbons (Fsp3) is 1.00. The molecule has 0 amide bonds. The lowest BCUT2D eigenvalue weighted by molar-refractivity contribution is 0.0785. The van der Waals surface area contributed by atoms with Gasteiger partial charge >= 0.3 is 0 Å². The molecule has 0 aliphatic carbocycles. The summed E-state index contributed by atoms with van der Waals surface area (Å²) in [6, 6.07) is 0.409. The van der Waals surface area contributed by atoms with Gasteiger partial charge in [-0.25, -0.2) is 8.42 Å². The molecular weight excluding hydrogens is 230 g/mol. The summed E-state index contributed by atoms with van der Waals surface area (Å²) in [5, 5.41) is 3.25. The molecule has 5 nitrogen and oxygen atoms in total. The smallest absolute Gasteiger partial charge is 0.153 e. The van der Waals surface area contributed by atoms with Crippen LogP contribution in [0.25, 0.3) is 0 Å². The Labute approximate surface area is 97.4 Å². The lowest BCUT2D eigenvalue weighted by Crippen LogP contribution is -2.37. The minimum atomic E-state index is -2.96. The van der Waals surface area contributed by atoms with Gasteiger partial charge < -0.3 is 14.8 Å². The van der Waals surface area contributed by atoms with Gasteiger partial charge in [0.1, 0.15) is 0 Å². The van der Waals surface area contributed by atoms with Gasteiger partial charge in [-0.2, -0.15) is 0 Å². The van der Waals surface area contributed by atoms with Gasteiger partial charge in [0.2, 0.25) is 0 Å². The zero-order valence-electron chi connectivity index (χ0n) is 9.78. The van der Waals surface area contributed by atoms with E-state index in [0.29, 0.717) is 12.6 Å². The molecule has 1 fully saturated rings. The van der Waals surface area contributed by atoms with E-state index in [2.05, 4.69) is 5.32 Å². The van der Waals surface area contributed by atoms with Crippen LogP contribution in [0.5, 0.6) is 0 Å². The minimum absolute atomic E-state index is 0.110. The summed E-state index contributed by atoms with van der Waals surface area (Å²) < 4.78 is 33.0. The van der Waals surface area contributed by atoms with Crippen molar-refractivity contribution in [1.82, 2.24) is 5.32 Å². The second-order valence-electron chi connectivity index (χ2n) is 3.99. The molecule has 0 aromatic carbocycles. The van der Waals surface area contributed by atoms with Crippen LogP contribution in [0.4, 0.5) is 0 Å². The van der Waals surface area contributed by atoms with Gasteiger partial charge in [0.05, 0.1) is 18.1 Å². The summed E-state index contributed by atoms with van der Waals surface area (Å²) in [5.41, 5.74) is 0. The molecule has 1 aliphatic heterocycles. The number of hydrogen-bond donors (Lipinski definition) is 1. The van der Waals surface area contributed by atoms with E-state index < -0.39 is 9.84 Å². The van der Waals surface area contributed by atoms with Crippen LogP contribution in [0.3, 0.4) is 0 Å². The lowest BCUT2D eigenvalue weighted by atomic mass is 10.1. The van der Waals surface area contributed by atoms with Crippen LogP contribution < -0.4 is 5.32 Å². The molecule has 0 aromatic rings. The second kappa shape index (κ2) is 7.21. The van der Waals surface area contributed by atoms with Crippen LogP contribution in [-0.2, 0) is 19.3 Å². The molecule has 6 heteroatoms. The van der Waals surface area contributed by atoms with Gasteiger partial charge in [0.25, 0.3) is 0 Å². The number of sulfone groups is 1. The van der Waals surface area contributed by atoms with Crippen LogP contribution in [-0.4, -0.2) is 59.4 Å². The average molecular weight is 251 g/mol. The van der Waals surface area contributed by atoms with Gasteiger partial charge in [-0.3, -0.25) is 0 Å². The molecule has 0 saturated carbocycles. The van der Waals surface area contributed by atoms with Crippen molar-refractivity contribution in [2.24, 2.45) is 0 Å². The van der Waals surface area contributed by atoms with E-state index in [1.54, 1.807) is 0 Å². The monoisotopic (exact) mass is 251 g/mol. The van der Waals surface area contributed by atoms with E-state index in [-0.39, 0.29) is 18.1 Å². The van der Waals surface area contributed by atoms with E-state index >= 15 is 0 Å². The van der Waals surface area contributed by atoms with Gasteiger partial charge in [-0.05, 0) is 12.8 Å². The molecule has 16 heavy (non-hydrogen) atoms. The summed E-state index contributed by atoms with van der Waals surface area (Å²) >= 11 is 0. The van der Waals surface area contributed by atoms with Crippen LogP contribution in [0.15, 0.2) is 0 Å². The normalized spacial score (nSPS) is 18.8. The third-order valence-electron chi connectivity index (χ3n) is 2.67. The maximum absolute atomic E-state index is 11.5. The number of nitrogens with one attached hydrogen (secondary N) is 1. The molecule has 0 radical (unpaired) electrons. The predicted octanol–water partition coefficient (Wildman–Crippen LogP) is -0.184. The number of methoxy groups -OCH3 is 1. The fourth-order valence-corrected chi connectivity index (χ4v) is 2.69. The quantitative estimate of drug-likeness (QED) is 0.680. The Morgan fingerprint density at radius 3 is 2.62 bits per heavy atom. The van der Waals surface area contributed by atoms with Crippen molar-refractivity contribution in [3.05, 3.63) is 0 Å².